The zero-order valence-electron chi connectivity index (χ0n) is 14.0. The Morgan fingerprint density at radius 1 is 1.23 bits per heavy atom. The first-order valence-electron chi connectivity index (χ1n) is 7.99. The van der Waals surface area contributed by atoms with Gasteiger partial charge in [0.1, 0.15) is 0 Å². The van der Waals surface area contributed by atoms with Crippen LogP contribution in [0, 0.1) is 0 Å². The van der Waals surface area contributed by atoms with Gasteiger partial charge < -0.3 is 10.1 Å². The average molecular weight is 371 g/mol. The zero-order chi connectivity index (χ0) is 18.5. The number of carbonyl (C=O) groups excluding carboxylic acids is 2. The number of H-pyrrole nitrogens is 1. The maximum absolute atomic E-state index is 12.0. The number of amides is 1. The van der Waals surface area contributed by atoms with E-state index < -0.39 is 5.97 Å². The number of nitrogens with zero attached hydrogens (tertiary/aromatic N) is 1. The van der Waals surface area contributed by atoms with Crippen LogP contribution in [0.3, 0.4) is 0 Å². The van der Waals surface area contributed by atoms with Crippen LogP contribution in [0.1, 0.15) is 23.5 Å². The molecule has 0 saturated carbocycles. The van der Waals surface area contributed by atoms with E-state index in [4.69, 9.17) is 4.74 Å². The molecule has 0 spiro atoms. The summed E-state index contributed by atoms with van der Waals surface area (Å²) in [5, 5.41) is 12.0. The van der Waals surface area contributed by atoms with Crippen molar-refractivity contribution >= 4 is 34.0 Å². The van der Waals surface area contributed by atoms with E-state index in [0.717, 1.165) is 4.88 Å². The number of carbonyl (C=O) groups is 2. The van der Waals surface area contributed by atoms with Gasteiger partial charge in [0.05, 0.1) is 23.5 Å². The highest BCUT2D eigenvalue weighted by Gasteiger charge is 2.15. The van der Waals surface area contributed by atoms with Crippen LogP contribution >= 0.6 is 11.3 Å². The minimum absolute atomic E-state index is 0.134. The van der Waals surface area contributed by atoms with Crippen LogP contribution in [0.4, 0.5) is 0 Å². The molecule has 3 rings (SSSR count). The number of aromatic amines is 1. The van der Waals surface area contributed by atoms with Gasteiger partial charge in [0.25, 0.3) is 11.5 Å². The van der Waals surface area contributed by atoms with Gasteiger partial charge in [-0.3, -0.25) is 14.4 Å². The van der Waals surface area contributed by atoms with E-state index in [-0.39, 0.29) is 30.5 Å². The molecule has 0 bridgehead atoms. The molecule has 8 heteroatoms. The maximum Gasteiger partial charge on any atom is 0.312 e. The lowest BCUT2D eigenvalue weighted by Crippen LogP contribution is -2.31. The van der Waals surface area contributed by atoms with Gasteiger partial charge in [-0.15, -0.1) is 11.3 Å². The lowest BCUT2D eigenvalue weighted by Gasteiger charge is -2.12. The third-order valence-electron chi connectivity index (χ3n) is 3.80. The number of benzene rings is 1. The minimum Gasteiger partial charge on any atom is -0.455 e. The number of nitrogens with one attached hydrogen (secondary N) is 2. The van der Waals surface area contributed by atoms with Gasteiger partial charge in [0, 0.05) is 10.3 Å². The topological polar surface area (TPSA) is 101 Å². The number of ether oxygens (including phenoxy) is 1. The first-order chi connectivity index (χ1) is 12.5. The standard InChI is InChI=1S/C18H17N3O4S/c1-11(15-7-4-8-26-15)19-16(22)10-25-17(23)9-14-12-5-2-3-6-13(12)18(24)21-20-14/h2-8,11H,9-10H2,1H3,(H,19,22)(H,21,24)/t11-/m0/s1. The predicted molar refractivity (Wildman–Crippen MR) is 97.9 cm³/mol. The van der Waals surface area contributed by atoms with Crippen molar-refractivity contribution in [2.75, 3.05) is 6.61 Å². The highest BCUT2D eigenvalue weighted by molar-refractivity contribution is 7.10. The molecule has 0 unspecified atom stereocenters. The highest BCUT2D eigenvalue weighted by atomic mass is 32.1. The summed E-state index contributed by atoms with van der Waals surface area (Å²) in [5.41, 5.74) is 0.0808. The average Bonchev–Trinajstić information content (AvgIpc) is 3.17. The summed E-state index contributed by atoms with van der Waals surface area (Å²) in [7, 11) is 0. The first kappa shape index (κ1) is 17.8. The van der Waals surface area contributed by atoms with Crippen LogP contribution in [0.15, 0.2) is 46.6 Å². The van der Waals surface area contributed by atoms with Gasteiger partial charge in [-0.1, -0.05) is 24.3 Å². The summed E-state index contributed by atoms with van der Waals surface area (Å²) >= 11 is 1.54. The summed E-state index contributed by atoms with van der Waals surface area (Å²) in [6.07, 6.45) is -0.134. The molecule has 0 aliphatic rings. The van der Waals surface area contributed by atoms with Gasteiger partial charge >= 0.3 is 5.97 Å². The molecule has 26 heavy (non-hydrogen) atoms. The van der Waals surface area contributed by atoms with Crippen LogP contribution in [-0.4, -0.2) is 28.7 Å². The smallest absolute Gasteiger partial charge is 0.312 e. The number of hydrogen-bond acceptors (Lipinski definition) is 6. The molecular weight excluding hydrogens is 354 g/mol. The third kappa shape index (κ3) is 4.15. The Morgan fingerprint density at radius 3 is 2.73 bits per heavy atom. The summed E-state index contributed by atoms with van der Waals surface area (Å²) in [5.74, 6) is -0.966. The predicted octanol–water partition coefficient (Wildman–Crippen LogP) is 1.95. The first-order valence-corrected chi connectivity index (χ1v) is 8.87. The van der Waals surface area contributed by atoms with Gasteiger partial charge in [-0.05, 0) is 24.4 Å². The second-order valence-electron chi connectivity index (χ2n) is 5.69. The van der Waals surface area contributed by atoms with Crippen LogP contribution < -0.4 is 10.9 Å². The summed E-state index contributed by atoms with van der Waals surface area (Å²) in [6.45, 7) is 1.50. The van der Waals surface area contributed by atoms with Crippen molar-refractivity contribution in [1.82, 2.24) is 15.5 Å². The second-order valence-corrected chi connectivity index (χ2v) is 6.67. The molecule has 0 aliphatic carbocycles. The summed E-state index contributed by atoms with van der Waals surface area (Å²) in [6, 6.07) is 10.6. The van der Waals surface area contributed by atoms with Gasteiger partial charge in [0.15, 0.2) is 6.61 Å². The molecule has 2 aromatic heterocycles. The molecule has 2 N–H and O–H groups in total. The Balaban J connectivity index is 1.57. The lowest BCUT2D eigenvalue weighted by atomic mass is 10.1. The number of esters is 1. The minimum atomic E-state index is -0.589. The molecule has 134 valence electrons. The van der Waals surface area contributed by atoms with Crippen LogP contribution in [0.2, 0.25) is 0 Å². The Kier molecular flexibility index (Phi) is 5.43. The number of thiophene rings is 1. The molecule has 2 heterocycles. The van der Waals surface area contributed by atoms with E-state index in [1.807, 2.05) is 24.4 Å². The van der Waals surface area contributed by atoms with E-state index in [0.29, 0.717) is 16.5 Å². The Hall–Kier alpha value is -3.00. The fourth-order valence-corrected chi connectivity index (χ4v) is 3.27. The fraction of sp³-hybridized carbons (Fsp3) is 0.222. The van der Waals surface area contributed by atoms with Crippen LogP contribution in [0.25, 0.3) is 10.8 Å². The Morgan fingerprint density at radius 2 is 2.00 bits per heavy atom. The van der Waals surface area contributed by atoms with E-state index in [2.05, 4.69) is 15.5 Å². The number of fused-ring (bicyclic) bond motifs is 1. The Bertz CT molecular complexity index is 982. The molecular formula is C18H17N3O4S. The molecule has 1 atom stereocenters. The molecule has 7 nitrogen and oxygen atoms in total. The number of hydrogen-bond donors (Lipinski definition) is 2. The second kappa shape index (κ2) is 7.92. The van der Waals surface area contributed by atoms with E-state index in [1.165, 1.54) is 0 Å². The third-order valence-corrected chi connectivity index (χ3v) is 4.85. The molecule has 1 aromatic carbocycles. The molecule has 0 fully saturated rings. The monoisotopic (exact) mass is 371 g/mol. The van der Waals surface area contributed by atoms with Crippen molar-refractivity contribution in [1.29, 1.82) is 0 Å². The molecule has 0 saturated heterocycles. The quantitative estimate of drug-likeness (QED) is 0.645. The lowest BCUT2D eigenvalue weighted by molar-refractivity contribution is -0.148. The van der Waals surface area contributed by atoms with E-state index in [9.17, 15) is 14.4 Å². The number of aromatic nitrogens is 2. The molecule has 0 radical (unpaired) electrons. The Labute approximate surface area is 153 Å². The van der Waals surface area contributed by atoms with Crippen molar-refractivity contribution in [3.63, 3.8) is 0 Å². The van der Waals surface area contributed by atoms with Crippen molar-refractivity contribution in [3.05, 3.63) is 62.7 Å². The highest BCUT2D eigenvalue weighted by Crippen LogP contribution is 2.18. The molecule has 3 aromatic rings. The van der Waals surface area contributed by atoms with E-state index in [1.54, 1.807) is 35.6 Å². The molecule has 1 amide bonds. The summed E-state index contributed by atoms with van der Waals surface area (Å²) < 4.78 is 5.03. The SMILES string of the molecule is C[C@H](NC(=O)COC(=O)Cc1n[nH]c(=O)c2ccccc12)c1cccs1. The van der Waals surface area contributed by atoms with Crippen molar-refractivity contribution in [3.8, 4) is 0 Å². The van der Waals surface area contributed by atoms with Crippen LogP contribution in [-0.2, 0) is 20.7 Å². The van der Waals surface area contributed by atoms with Crippen LogP contribution in [0.5, 0.6) is 0 Å². The molecule has 0 aliphatic heterocycles. The van der Waals surface area contributed by atoms with Crippen molar-refractivity contribution in [2.45, 2.75) is 19.4 Å². The fourth-order valence-electron chi connectivity index (χ4n) is 2.53. The van der Waals surface area contributed by atoms with Crippen molar-refractivity contribution in [2.24, 2.45) is 0 Å². The van der Waals surface area contributed by atoms with Gasteiger partial charge in [-0.2, -0.15) is 5.10 Å². The maximum atomic E-state index is 12.0. The van der Waals surface area contributed by atoms with Crippen molar-refractivity contribution < 1.29 is 14.3 Å². The normalized spacial score (nSPS) is 11.9. The zero-order valence-corrected chi connectivity index (χ0v) is 14.8. The summed E-state index contributed by atoms with van der Waals surface area (Å²) in [4.78, 5) is 36.7. The van der Waals surface area contributed by atoms with Gasteiger partial charge in [0.2, 0.25) is 0 Å². The van der Waals surface area contributed by atoms with E-state index >= 15 is 0 Å². The largest absolute Gasteiger partial charge is 0.455 e. The van der Waals surface area contributed by atoms with Gasteiger partial charge in [-0.25, -0.2) is 5.10 Å². The number of rotatable bonds is 6.